The molecule has 0 aromatic heterocycles. The zero-order valence-corrected chi connectivity index (χ0v) is 4.94. The van der Waals surface area contributed by atoms with E-state index in [0.717, 1.165) is 0 Å². The maximum absolute atomic E-state index is 10.1. The van der Waals surface area contributed by atoms with Gasteiger partial charge in [0.15, 0.2) is 0 Å². The Balaban J connectivity index is 4.13. The van der Waals surface area contributed by atoms with Crippen LogP contribution in [0.4, 0.5) is 0 Å². The van der Waals surface area contributed by atoms with Crippen molar-refractivity contribution < 1.29 is 19.8 Å². The van der Waals surface area contributed by atoms with Crippen LogP contribution in [0.3, 0.4) is 0 Å². The number of rotatable bonds is 1. The quantitative estimate of drug-likeness (QED) is 0.224. The molecule has 0 radical (unpaired) electrons. The Labute approximate surface area is 56.0 Å². The van der Waals surface area contributed by atoms with Gasteiger partial charge in [-0.1, -0.05) is 0 Å². The molecule has 0 atom stereocenters. The first-order chi connectivity index (χ1) is 4.57. The van der Waals surface area contributed by atoms with Gasteiger partial charge in [0.25, 0.3) is 0 Å². The highest BCUT2D eigenvalue weighted by molar-refractivity contribution is 6.33. The molecule has 0 bridgehead atoms. The molecule has 0 fully saturated rings. The maximum Gasteiger partial charge on any atom is 0.396 e. The van der Waals surface area contributed by atoms with Crippen LogP contribution >= 0.6 is 0 Å². The molecular formula is C4H6N2O4. The molecule has 0 aliphatic rings. The maximum atomic E-state index is 10.1. The molecule has 10 heavy (non-hydrogen) atoms. The molecule has 0 spiro atoms. The van der Waals surface area contributed by atoms with Crippen LogP contribution in [0.2, 0.25) is 0 Å². The smallest absolute Gasteiger partial charge is 0.396 e. The SMILES string of the molecule is NC(CO)=NC(=O)C(=O)O. The second kappa shape index (κ2) is 3.57. The van der Waals surface area contributed by atoms with Gasteiger partial charge in [0.2, 0.25) is 0 Å². The standard InChI is InChI=1S/C4H6N2O4/c5-2(1-7)6-3(8)4(9)10/h7H,1H2,(H,9,10)(H2,5,6,8). The van der Waals surface area contributed by atoms with Gasteiger partial charge in [-0.25, -0.2) is 4.79 Å². The Morgan fingerprint density at radius 2 is 2.00 bits per heavy atom. The third kappa shape index (κ3) is 2.78. The first-order valence-corrected chi connectivity index (χ1v) is 2.29. The summed E-state index contributed by atoms with van der Waals surface area (Å²) >= 11 is 0. The number of aliphatic hydroxyl groups excluding tert-OH is 1. The number of carbonyl (C=O) groups is 2. The molecular weight excluding hydrogens is 140 g/mol. The van der Waals surface area contributed by atoms with Crippen LogP contribution in [0.25, 0.3) is 0 Å². The number of aliphatic carboxylic acids is 1. The van der Waals surface area contributed by atoms with Gasteiger partial charge < -0.3 is 15.9 Å². The van der Waals surface area contributed by atoms with Crippen molar-refractivity contribution in [3.63, 3.8) is 0 Å². The van der Waals surface area contributed by atoms with Crippen LogP contribution in [0, 0.1) is 0 Å². The average molecular weight is 146 g/mol. The lowest BCUT2D eigenvalue weighted by Crippen LogP contribution is -2.21. The number of hydrogen-bond acceptors (Lipinski definition) is 3. The molecule has 56 valence electrons. The number of hydrogen-bond donors (Lipinski definition) is 3. The van der Waals surface area contributed by atoms with Gasteiger partial charge in [0.1, 0.15) is 12.4 Å². The monoisotopic (exact) mass is 146 g/mol. The normalized spacial score (nSPS) is 11.1. The molecule has 0 aliphatic heterocycles. The van der Waals surface area contributed by atoms with Gasteiger partial charge in [-0.3, -0.25) is 4.79 Å². The van der Waals surface area contributed by atoms with Crippen LogP contribution in [0.5, 0.6) is 0 Å². The number of nitrogens with zero attached hydrogens (tertiary/aromatic N) is 1. The van der Waals surface area contributed by atoms with E-state index in [1.165, 1.54) is 0 Å². The molecule has 4 N–H and O–H groups in total. The average Bonchev–Trinajstić information content (AvgIpc) is 1.87. The predicted molar refractivity (Wildman–Crippen MR) is 31.4 cm³/mol. The molecule has 0 aromatic rings. The van der Waals surface area contributed by atoms with E-state index in [4.69, 9.17) is 15.9 Å². The van der Waals surface area contributed by atoms with E-state index in [-0.39, 0.29) is 0 Å². The van der Waals surface area contributed by atoms with E-state index in [2.05, 4.69) is 4.99 Å². The zero-order valence-electron chi connectivity index (χ0n) is 4.94. The first-order valence-electron chi connectivity index (χ1n) is 2.29. The number of carbonyl (C=O) groups excluding carboxylic acids is 1. The molecule has 0 aliphatic carbocycles. The fourth-order valence-corrected chi connectivity index (χ4v) is 0.214. The second-order valence-corrected chi connectivity index (χ2v) is 1.37. The Morgan fingerprint density at radius 3 is 2.30 bits per heavy atom. The summed E-state index contributed by atoms with van der Waals surface area (Å²) in [6.45, 7) is -0.626. The highest BCUT2D eigenvalue weighted by Crippen LogP contribution is 1.75. The fraction of sp³-hybridized carbons (Fsp3) is 0.250. The summed E-state index contributed by atoms with van der Waals surface area (Å²) < 4.78 is 0. The second-order valence-electron chi connectivity index (χ2n) is 1.37. The molecule has 0 rings (SSSR count). The summed E-state index contributed by atoms with van der Waals surface area (Å²) in [5, 5.41) is 16.1. The largest absolute Gasteiger partial charge is 0.474 e. The Morgan fingerprint density at radius 1 is 1.50 bits per heavy atom. The number of amidine groups is 1. The van der Waals surface area contributed by atoms with Crippen LogP contribution in [0.15, 0.2) is 4.99 Å². The summed E-state index contributed by atoms with van der Waals surface area (Å²) in [7, 11) is 0. The van der Waals surface area contributed by atoms with Crippen molar-refractivity contribution in [3.05, 3.63) is 0 Å². The van der Waals surface area contributed by atoms with Crippen molar-refractivity contribution in [2.75, 3.05) is 6.61 Å². The number of aliphatic imine (C=N–C) groups is 1. The van der Waals surface area contributed by atoms with Crippen molar-refractivity contribution in [1.29, 1.82) is 0 Å². The number of nitrogens with two attached hydrogens (primary N) is 1. The predicted octanol–water partition coefficient (Wildman–Crippen LogP) is -2.05. The van der Waals surface area contributed by atoms with E-state index in [1.807, 2.05) is 0 Å². The van der Waals surface area contributed by atoms with Gasteiger partial charge in [-0.2, -0.15) is 4.99 Å². The summed E-state index contributed by atoms with van der Waals surface area (Å²) in [5.74, 6) is -3.49. The number of carboxylic acid groups (broad SMARTS) is 1. The van der Waals surface area contributed by atoms with Gasteiger partial charge in [-0.15, -0.1) is 0 Å². The lowest BCUT2D eigenvalue weighted by atomic mass is 10.6. The summed E-state index contributed by atoms with van der Waals surface area (Å²) in [6.07, 6.45) is 0. The minimum absolute atomic E-state index is 0.410. The van der Waals surface area contributed by atoms with Crippen LogP contribution < -0.4 is 5.73 Å². The van der Waals surface area contributed by atoms with Crippen LogP contribution in [0.1, 0.15) is 0 Å². The minimum Gasteiger partial charge on any atom is -0.474 e. The van der Waals surface area contributed by atoms with E-state index < -0.39 is 24.3 Å². The van der Waals surface area contributed by atoms with Crippen LogP contribution in [-0.2, 0) is 9.59 Å². The van der Waals surface area contributed by atoms with Crippen molar-refractivity contribution in [2.45, 2.75) is 0 Å². The molecule has 6 heteroatoms. The Kier molecular flexibility index (Phi) is 3.06. The lowest BCUT2D eigenvalue weighted by Gasteiger charge is -1.89. The molecule has 0 aromatic carbocycles. The highest BCUT2D eigenvalue weighted by atomic mass is 16.4. The van der Waals surface area contributed by atoms with E-state index in [0.29, 0.717) is 0 Å². The van der Waals surface area contributed by atoms with E-state index >= 15 is 0 Å². The third-order valence-electron chi connectivity index (χ3n) is 0.590. The molecule has 0 heterocycles. The first kappa shape index (κ1) is 8.57. The van der Waals surface area contributed by atoms with Crippen molar-refractivity contribution in [1.82, 2.24) is 0 Å². The number of carboxylic acids is 1. The molecule has 0 saturated carbocycles. The molecule has 0 unspecified atom stereocenters. The number of amides is 1. The summed E-state index contributed by atoms with van der Waals surface area (Å²) in [4.78, 5) is 22.7. The van der Waals surface area contributed by atoms with Crippen molar-refractivity contribution in [2.24, 2.45) is 10.7 Å². The van der Waals surface area contributed by atoms with Gasteiger partial charge >= 0.3 is 11.9 Å². The fourth-order valence-electron chi connectivity index (χ4n) is 0.214. The van der Waals surface area contributed by atoms with Crippen molar-refractivity contribution >= 4 is 17.7 Å². The topological polar surface area (TPSA) is 113 Å². The molecule has 1 amide bonds. The minimum atomic E-state index is -1.70. The van der Waals surface area contributed by atoms with Gasteiger partial charge in [0, 0.05) is 0 Å². The zero-order chi connectivity index (χ0) is 8.15. The lowest BCUT2D eigenvalue weighted by molar-refractivity contribution is -0.148. The van der Waals surface area contributed by atoms with E-state index in [9.17, 15) is 9.59 Å². The summed E-state index contributed by atoms with van der Waals surface area (Å²) in [6, 6.07) is 0. The van der Waals surface area contributed by atoms with Gasteiger partial charge in [0.05, 0.1) is 0 Å². The Bertz CT molecular complexity index is 186. The summed E-state index contributed by atoms with van der Waals surface area (Å²) in [5.41, 5.74) is 4.83. The van der Waals surface area contributed by atoms with E-state index in [1.54, 1.807) is 0 Å². The van der Waals surface area contributed by atoms with Crippen LogP contribution in [-0.4, -0.2) is 34.5 Å². The van der Waals surface area contributed by atoms with Gasteiger partial charge in [-0.05, 0) is 0 Å². The molecule has 6 nitrogen and oxygen atoms in total. The third-order valence-corrected chi connectivity index (χ3v) is 0.590. The number of aliphatic hydroxyl groups is 1. The molecule has 0 saturated heterocycles. The van der Waals surface area contributed by atoms with Crippen molar-refractivity contribution in [3.8, 4) is 0 Å². The Hall–Kier alpha value is -1.43. The highest BCUT2D eigenvalue weighted by Gasteiger charge is 2.08.